The van der Waals surface area contributed by atoms with Crippen LogP contribution in [0.2, 0.25) is 0 Å². The average Bonchev–Trinajstić information content (AvgIpc) is 2.88. The number of aromatic nitrogens is 3. The van der Waals surface area contributed by atoms with Crippen molar-refractivity contribution in [2.24, 2.45) is 0 Å². The molecule has 108 valence electrons. The van der Waals surface area contributed by atoms with Gasteiger partial charge in [0.15, 0.2) is 11.6 Å². The minimum Gasteiger partial charge on any atom is -0.324 e. The molecule has 6 heteroatoms. The van der Waals surface area contributed by atoms with Gasteiger partial charge in [0, 0.05) is 18.9 Å². The molecule has 0 saturated heterocycles. The van der Waals surface area contributed by atoms with Gasteiger partial charge in [0.25, 0.3) is 0 Å². The predicted octanol–water partition coefficient (Wildman–Crippen LogP) is 3.69. The van der Waals surface area contributed by atoms with Crippen molar-refractivity contribution in [2.75, 3.05) is 0 Å². The van der Waals surface area contributed by atoms with Gasteiger partial charge >= 0.3 is 0 Å². The van der Waals surface area contributed by atoms with Gasteiger partial charge in [-0.1, -0.05) is 6.07 Å². The fourth-order valence-electron chi connectivity index (χ4n) is 2.33. The first-order valence-electron chi connectivity index (χ1n) is 6.48. The molecule has 21 heavy (non-hydrogen) atoms. The van der Waals surface area contributed by atoms with Gasteiger partial charge in [-0.3, -0.25) is 4.98 Å². The Morgan fingerprint density at radius 3 is 2.76 bits per heavy atom. The first kappa shape index (κ1) is 13.9. The molecule has 0 saturated carbocycles. The summed E-state index contributed by atoms with van der Waals surface area (Å²) >= 11 is 5.87. The third-order valence-electron chi connectivity index (χ3n) is 3.35. The van der Waals surface area contributed by atoms with Crippen LogP contribution in [0.15, 0.2) is 36.7 Å². The number of hydrogen-bond donors (Lipinski definition) is 0. The van der Waals surface area contributed by atoms with E-state index in [0.29, 0.717) is 24.3 Å². The van der Waals surface area contributed by atoms with Gasteiger partial charge in [0.05, 0.1) is 11.4 Å². The lowest BCUT2D eigenvalue weighted by atomic mass is 10.2. The molecular formula is C15H12ClF2N3. The van der Waals surface area contributed by atoms with E-state index in [0.717, 1.165) is 11.6 Å². The fraction of sp³-hybridized carbons (Fsp3) is 0.200. The van der Waals surface area contributed by atoms with Gasteiger partial charge in [-0.15, -0.1) is 11.6 Å². The number of alkyl halides is 1. The van der Waals surface area contributed by atoms with Crippen LogP contribution >= 0.6 is 11.6 Å². The Morgan fingerprint density at radius 1 is 1.19 bits per heavy atom. The highest BCUT2D eigenvalue weighted by molar-refractivity contribution is 6.16. The number of aryl methyl sites for hydroxylation is 2. The number of nitrogens with zero attached hydrogens (tertiary/aromatic N) is 3. The Morgan fingerprint density at radius 2 is 2.05 bits per heavy atom. The van der Waals surface area contributed by atoms with E-state index in [1.54, 1.807) is 17.0 Å². The van der Waals surface area contributed by atoms with E-state index in [2.05, 4.69) is 9.97 Å². The molecule has 0 amide bonds. The van der Waals surface area contributed by atoms with Crippen LogP contribution < -0.4 is 0 Å². The number of rotatable bonds is 4. The summed E-state index contributed by atoms with van der Waals surface area (Å²) in [6, 6.07) is 6.31. The van der Waals surface area contributed by atoms with Crippen molar-refractivity contribution in [3.63, 3.8) is 0 Å². The van der Waals surface area contributed by atoms with Gasteiger partial charge in [-0.25, -0.2) is 13.8 Å². The van der Waals surface area contributed by atoms with E-state index in [9.17, 15) is 8.78 Å². The monoisotopic (exact) mass is 307 g/mol. The third kappa shape index (κ3) is 2.61. The molecule has 0 atom stereocenters. The fourth-order valence-corrected chi connectivity index (χ4v) is 2.54. The van der Waals surface area contributed by atoms with Crippen molar-refractivity contribution in [2.45, 2.75) is 18.8 Å². The minimum absolute atomic E-state index is 0.142. The maximum Gasteiger partial charge on any atom is 0.184 e. The van der Waals surface area contributed by atoms with Crippen molar-refractivity contribution in [3.05, 3.63) is 59.7 Å². The Hall–Kier alpha value is -2.01. The molecule has 0 aliphatic heterocycles. The summed E-state index contributed by atoms with van der Waals surface area (Å²) < 4.78 is 29.1. The van der Waals surface area contributed by atoms with E-state index in [1.807, 2.05) is 12.1 Å². The van der Waals surface area contributed by atoms with Crippen LogP contribution in [0.3, 0.4) is 0 Å². The smallest absolute Gasteiger partial charge is 0.184 e. The molecule has 3 aromatic rings. The number of fused-ring (bicyclic) bond motifs is 1. The van der Waals surface area contributed by atoms with Crippen LogP contribution in [0.25, 0.3) is 11.0 Å². The molecule has 2 heterocycles. The summed E-state index contributed by atoms with van der Waals surface area (Å²) in [6.07, 6.45) is 4.07. The predicted molar refractivity (Wildman–Crippen MR) is 77.1 cm³/mol. The first-order chi connectivity index (χ1) is 10.2. The van der Waals surface area contributed by atoms with Crippen LogP contribution in [0.4, 0.5) is 8.78 Å². The Balaban J connectivity index is 2.02. The third-order valence-corrected chi connectivity index (χ3v) is 3.58. The lowest BCUT2D eigenvalue weighted by Crippen LogP contribution is -2.06. The quantitative estimate of drug-likeness (QED) is 0.688. The van der Waals surface area contributed by atoms with E-state index < -0.39 is 11.6 Å². The average molecular weight is 308 g/mol. The molecule has 0 radical (unpaired) electrons. The van der Waals surface area contributed by atoms with E-state index in [1.165, 1.54) is 6.07 Å². The summed E-state index contributed by atoms with van der Waals surface area (Å²) in [5, 5.41) is 0. The minimum atomic E-state index is -0.887. The van der Waals surface area contributed by atoms with Crippen LogP contribution in [0.5, 0.6) is 0 Å². The van der Waals surface area contributed by atoms with Crippen molar-refractivity contribution in [1.29, 1.82) is 0 Å². The lowest BCUT2D eigenvalue weighted by molar-refractivity contribution is 0.510. The Bertz CT molecular complexity index is 771. The van der Waals surface area contributed by atoms with Gasteiger partial charge in [-0.05, 0) is 30.2 Å². The zero-order chi connectivity index (χ0) is 14.8. The largest absolute Gasteiger partial charge is 0.324 e. The SMILES string of the molecule is Fc1ccc2nc(CCl)n(CCc3cccnc3)c2c1F. The van der Waals surface area contributed by atoms with Crippen LogP contribution in [0.1, 0.15) is 11.4 Å². The molecule has 0 unspecified atom stereocenters. The maximum absolute atomic E-state index is 14.0. The van der Waals surface area contributed by atoms with Crippen molar-refractivity contribution in [3.8, 4) is 0 Å². The first-order valence-corrected chi connectivity index (χ1v) is 7.02. The molecule has 0 N–H and O–H groups in total. The lowest BCUT2D eigenvalue weighted by Gasteiger charge is -2.08. The number of pyridine rings is 1. The topological polar surface area (TPSA) is 30.7 Å². The van der Waals surface area contributed by atoms with E-state index >= 15 is 0 Å². The van der Waals surface area contributed by atoms with Crippen molar-refractivity contribution < 1.29 is 8.78 Å². The maximum atomic E-state index is 14.0. The van der Waals surface area contributed by atoms with Crippen LogP contribution in [-0.4, -0.2) is 14.5 Å². The number of hydrogen-bond acceptors (Lipinski definition) is 2. The number of benzene rings is 1. The van der Waals surface area contributed by atoms with Crippen molar-refractivity contribution in [1.82, 2.24) is 14.5 Å². The highest BCUT2D eigenvalue weighted by Crippen LogP contribution is 2.23. The van der Waals surface area contributed by atoms with Gasteiger partial charge in [0.1, 0.15) is 11.3 Å². The molecular weight excluding hydrogens is 296 g/mol. The molecule has 0 bridgehead atoms. The Kier molecular flexibility index (Phi) is 3.84. The molecule has 0 aliphatic rings. The zero-order valence-corrected chi connectivity index (χ0v) is 11.8. The summed E-state index contributed by atoms with van der Waals surface area (Å²) in [5.41, 5.74) is 1.59. The second-order valence-corrected chi connectivity index (χ2v) is 4.92. The normalized spacial score (nSPS) is 11.2. The molecule has 0 spiro atoms. The van der Waals surface area contributed by atoms with Gasteiger partial charge < -0.3 is 4.57 Å². The second-order valence-electron chi connectivity index (χ2n) is 4.65. The second kappa shape index (κ2) is 5.77. The van der Waals surface area contributed by atoms with Gasteiger partial charge in [-0.2, -0.15) is 0 Å². The van der Waals surface area contributed by atoms with Crippen LogP contribution in [0, 0.1) is 11.6 Å². The zero-order valence-electron chi connectivity index (χ0n) is 11.1. The molecule has 2 aromatic heterocycles. The standard InChI is InChI=1S/C15H12ClF2N3/c16-8-13-20-12-4-3-11(17)14(18)15(12)21(13)7-5-10-2-1-6-19-9-10/h1-4,6,9H,5,7-8H2. The Labute approximate surface area is 125 Å². The highest BCUT2D eigenvalue weighted by atomic mass is 35.5. The highest BCUT2D eigenvalue weighted by Gasteiger charge is 2.16. The molecule has 0 fully saturated rings. The van der Waals surface area contributed by atoms with Gasteiger partial charge in [0.2, 0.25) is 0 Å². The molecule has 3 nitrogen and oxygen atoms in total. The molecule has 3 rings (SSSR count). The summed E-state index contributed by atoms with van der Waals surface area (Å²) in [7, 11) is 0. The molecule has 1 aromatic carbocycles. The van der Waals surface area contributed by atoms with E-state index in [-0.39, 0.29) is 11.4 Å². The van der Waals surface area contributed by atoms with Crippen molar-refractivity contribution >= 4 is 22.6 Å². The molecule has 0 aliphatic carbocycles. The number of imidazole rings is 1. The van der Waals surface area contributed by atoms with Crippen LogP contribution in [-0.2, 0) is 18.8 Å². The number of halogens is 3. The van der Waals surface area contributed by atoms with E-state index in [4.69, 9.17) is 11.6 Å². The summed E-state index contributed by atoms with van der Waals surface area (Å²) in [6.45, 7) is 0.463. The summed E-state index contributed by atoms with van der Waals surface area (Å²) in [4.78, 5) is 8.29. The summed E-state index contributed by atoms with van der Waals surface area (Å²) in [5.74, 6) is -1.10.